The number of carbonyl (C=O) groups excluding carboxylic acids is 1. The number of carbonyl (C=O) groups is 2. The fourth-order valence-electron chi connectivity index (χ4n) is 5.27. The number of hydrogen-bond acceptors (Lipinski definition) is 8. The van der Waals surface area contributed by atoms with Crippen molar-refractivity contribution >= 4 is 12.0 Å². The molecule has 0 bridgehead atoms. The van der Waals surface area contributed by atoms with Gasteiger partial charge in [-0.05, 0) is 61.4 Å². The molecule has 2 aliphatic rings. The van der Waals surface area contributed by atoms with Crippen LogP contribution >= 0.6 is 0 Å². The molecule has 4 rings (SSSR count). The van der Waals surface area contributed by atoms with Crippen molar-refractivity contribution in [2.75, 3.05) is 47.1 Å². The molecule has 2 atom stereocenters. The molecule has 1 aliphatic heterocycles. The van der Waals surface area contributed by atoms with Gasteiger partial charge in [0.1, 0.15) is 18.0 Å². The maximum Gasteiger partial charge on any atom is 0.407 e. The molecule has 0 spiro atoms. The fourth-order valence-corrected chi connectivity index (χ4v) is 5.27. The fraction of sp³-hybridized carbons (Fsp3) is 0.552. The van der Waals surface area contributed by atoms with Gasteiger partial charge in [-0.2, -0.15) is 0 Å². The van der Waals surface area contributed by atoms with Gasteiger partial charge in [0.25, 0.3) is 0 Å². The van der Waals surface area contributed by atoms with E-state index in [1.165, 1.54) is 23.2 Å². The number of rotatable bonds is 13. The number of methoxy groups -OCH3 is 2. The molecule has 1 saturated carbocycles. The van der Waals surface area contributed by atoms with Crippen LogP contribution in [0.1, 0.15) is 42.4 Å². The highest BCUT2D eigenvalue weighted by Gasteiger charge is 2.51. The lowest BCUT2D eigenvalue weighted by atomic mass is 9.75. The van der Waals surface area contributed by atoms with Gasteiger partial charge in [0.05, 0.1) is 12.5 Å². The third-order valence-electron chi connectivity index (χ3n) is 7.58. The average molecular weight is 558 g/mol. The minimum absolute atomic E-state index is 0.00454. The van der Waals surface area contributed by atoms with Crippen LogP contribution in [0, 0.1) is 5.92 Å². The lowest BCUT2D eigenvalue weighted by Gasteiger charge is -2.44. The zero-order valence-corrected chi connectivity index (χ0v) is 23.1. The van der Waals surface area contributed by atoms with Crippen molar-refractivity contribution < 1.29 is 39.1 Å². The van der Waals surface area contributed by atoms with Crippen LogP contribution in [0.2, 0.25) is 0 Å². The number of piperidine rings is 1. The van der Waals surface area contributed by atoms with Gasteiger partial charge in [0.15, 0.2) is 0 Å². The molecule has 2 fully saturated rings. The van der Waals surface area contributed by atoms with Crippen LogP contribution in [0.3, 0.4) is 0 Å². The van der Waals surface area contributed by atoms with Gasteiger partial charge >= 0.3 is 6.09 Å². The minimum Gasteiger partial charge on any atom is -0.493 e. The first-order chi connectivity index (χ1) is 19.2. The predicted molar refractivity (Wildman–Crippen MR) is 145 cm³/mol. The summed E-state index contributed by atoms with van der Waals surface area (Å²) in [5, 5.41) is 31.2. The summed E-state index contributed by atoms with van der Waals surface area (Å²) in [6, 6.07) is 8.86. The zero-order chi connectivity index (χ0) is 28.7. The van der Waals surface area contributed by atoms with Crippen molar-refractivity contribution in [1.82, 2.24) is 14.8 Å². The van der Waals surface area contributed by atoms with Gasteiger partial charge in [-0.25, -0.2) is 9.78 Å². The maximum absolute atomic E-state index is 14.2. The Kier molecular flexibility index (Phi) is 9.83. The Labute approximate surface area is 234 Å². The van der Waals surface area contributed by atoms with E-state index in [0.29, 0.717) is 37.7 Å². The summed E-state index contributed by atoms with van der Waals surface area (Å²) in [6.07, 6.45) is 3.54. The number of carboxylic acid groups (broad SMARTS) is 1. The summed E-state index contributed by atoms with van der Waals surface area (Å²) in [4.78, 5) is 32.9. The largest absolute Gasteiger partial charge is 0.493 e. The second-order valence-electron chi connectivity index (χ2n) is 10.5. The molecule has 218 valence electrons. The normalized spacial score (nSPS) is 20.8. The van der Waals surface area contributed by atoms with Crippen LogP contribution in [0.4, 0.5) is 4.79 Å². The summed E-state index contributed by atoms with van der Waals surface area (Å²) < 4.78 is 16.2. The first kappa shape index (κ1) is 29.6. The number of likely N-dealkylation sites (tertiary alicyclic amines) is 1. The Balaban J connectivity index is 1.63. The molecule has 2 aromatic rings. The molecule has 2 amide bonds. The smallest absolute Gasteiger partial charge is 0.407 e. The Morgan fingerprint density at radius 3 is 2.50 bits per heavy atom. The molecule has 0 unspecified atom stereocenters. The minimum atomic E-state index is -1.63. The van der Waals surface area contributed by atoms with Crippen LogP contribution in [0.5, 0.6) is 11.6 Å². The number of aromatic nitrogens is 1. The quantitative estimate of drug-likeness (QED) is 0.317. The third kappa shape index (κ3) is 7.21. The Bertz CT molecular complexity index is 1130. The SMILES string of the molecule is COCCCc1cc(CN(C(=O)[C@H]2CN(C(=O)O)CC[C@]2(O)c2ccc(O)nc2)C2CC2)cc(OCCOC)c1. The Morgan fingerprint density at radius 2 is 1.85 bits per heavy atom. The molecule has 0 radical (unpaired) electrons. The monoisotopic (exact) mass is 557 g/mol. The molecular formula is C29H39N3O8. The standard InChI is InChI=1S/C29H39N3O8/c1-38-11-3-4-20-14-21(16-24(15-20)40-13-12-39-2)18-32(23-6-7-23)27(34)25-19-31(28(35)36)10-9-29(25,37)22-5-8-26(33)30-17-22/h5,8,14-17,23,25,37H,3-4,6-7,9-13,18-19H2,1-2H3,(H,30,33)(H,35,36)/t25-,29+/m1/s1. The third-order valence-corrected chi connectivity index (χ3v) is 7.58. The van der Waals surface area contributed by atoms with Crippen molar-refractivity contribution in [3.63, 3.8) is 0 Å². The van der Waals surface area contributed by atoms with Crippen LogP contribution < -0.4 is 4.74 Å². The van der Waals surface area contributed by atoms with Crippen molar-refractivity contribution in [3.05, 3.63) is 53.2 Å². The van der Waals surface area contributed by atoms with E-state index in [9.17, 15) is 24.9 Å². The molecule has 1 saturated heterocycles. The van der Waals surface area contributed by atoms with Crippen molar-refractivity contribution in [2.24, 2.45) is 5.92 Å². The maximum atomic E-state index is 14.2. The number of pyridine rings is 1. The van der Waals surface area contributed by atoms with E-state index in [4.69, 9.17) is 14.2 Å². The molecule has 40 heavy (non-hydrogen) atoms. The van der Waals surface area contributed by atoms with Crippen molar-refractivity contribution in [1.29, 1.82) is 0 Å². The van der Waals surface area contributed by atoms with Gasteiger partial charge in [-0.3, -0.25) is 4.79 Å². The van der Waals surface area contributed by atoms with E-state index in [2.05, 4.69) is 11.1 Å². The van der Waals surface area contributed by atoms with Gasteiger partial charge in [-0.15, -0.1) is 0 Å². The van der Waals surface area contributed by atoms with Gasteiger partial charge < -0.3 is 39.3 Å². The van der Waals surface area contributed by atoms with E-state index in [1.807, 2.05) is 12.1 Å². The van der Waals surface area contributed by atoms with Crippen LogP contribution in [-0.2, 0) is 32.8 Å². The van der Waals surface area contributed by atoms with E-state index >= 15 is 0 Å². The Morgan fingerprint density at radius 1 is 1.10 bits per heavy atom. The molecule has 1 aromatic heterocycles. The lowest BCUT2D eigenvalue weighted by molar-refractivity contribution is -0.154. The van der Waals surface area contributed by atoms with Gasteiger partial charge in [0, 0.05) is 64.3 Å². The van der Waals surface area contributed by atoms with E-state index in [-0.39, 0.29) is 37.3 Å². The lowest BCUT2D eigenvalue weighted by Crippen LogP contribution is -2.57. The number of ether oxygens (including phenoxy) is 3. The number of aryl methyl sites for hydroxylation is 1. The highest BCUT2D eigenvalue weighted by Crippen LogP contribution is 2.41. The topological polar surface area (TPSA) is 142 Å². The summed E-state index contributed by atoms with van der Waals surface area (Å²) in [6.45, 7) is 1.70. The number of amides is 2. The molecule has 1 aliphatic carbocycles. The Hall–Kier alpha value is -3.41. The first-order valence-corrected chi connectivity index (χ1v) is 13.6. The van der Waals surface area contributed by atoms with Crippen LogP contribution in [-0.4, -0.2) is 95.3 Å². The summed E-state index contributed by atoms with van der Waals surface area (Å²) >= 11 is 0. The van der Waals surface area contributed by atoms with Crippen LogP contribution in [0.15, 0.2) is 36.5 Å². The highest BCUT2D eigenvalue weighted by atomic mass is 16.5. The molecule has 3 N–H and O–H groups in total. The van der Waals surface area contributed by atoms with E-state index in [0.717, 1.165) is 36.8 Å². The van der Waals surface area contributed by atoms with E-state index < -0.39 is 17.6 Å². The molecule has 11 heteroatoms. The molecule has 2 heterocycles. The van der Waals surface area contributed by atoms with Crippen molar-refractivity contribution in [3.8, 4) is 11.6 Å². The van der Waals surface area contributed by atoms with Crippen molar-refractivity contribution in [2.45, 2.75) is 50.3 Å². The van der Waals surface area contributed by atoms with Gasteiger partial charge in [0.2, 0.25) is 11.8 Å². The predicted octanol–water partition coefficient (Wildman–Crippen LogP) is 2.77. The first-order valence-electron chi connectivity index (χ1n) is 13.6. The number of hydrogen-bond donors (Lipinski definition) is 3. The summed E-state index contributed by atoms with van der Waals surface area (Å²) in [7, 11) is 3.28. The van der Waals surface area contributed by atoms with Crippen LogP contribution in [0.25, 0.3) is 0 Å². The van der Waals surface area contributed by atoms with Gasteiger partial charge in [-0.1, -0.05) is 6.07 Å². The second kappa shape index (κ2) is 13.3. The molecular weight excluding hydrogens is 518 g/mol. The zero-order valence-electron chi connectivity index (χ0n) is 23.1. The number of aromatic hydroxyl groups is 1. The molecule has 1 aromatic carbocycles. The number of nitrogens with zero attached hydrogens (tertiary/aromatic N) is 3. The summed E-state index contributed by atoms with van der Waals surface area (Å²) in [5.74, 6) is -0.861. The number of benzene rings is 1. The number of aliphatic hydroxyl groups is 1. The molecule has 11 nitrogen and oxygen atoms in total. The highest BCUT2D eigenvalue weighted by molar-refractivity contribution is 5.82. The second-order valence-corrected chi connectivity index (χ2v) is 10.5. The average Bonchev–Trinajstić information content (AvgIpc) is 3.77. The summed E-state index contributed by atoms with van der Waals surface area (Å²) in [5.41, 5.74) is 0.695. The van der Waals surface area contributed by atoms with E-state index in [1.54, 1.807) is 19.1 Å².